The van der Waals surface area contributed by atoms with Crippen molar-refractivity contribution in [2.24, 2.45) is 0 Å². The van der Waals surface area contributed by atoms with E-state index < -0.39 is 0 Å². The van der Waals surface area contributed by atoms with Crippen LogP contribution in [0, 0.1) is 0 Å². The van der Waals surface area contributed by atoms with Crippen LogP contribution in [0.25, 0.3) is 0 Å². The second-order valence-corrected chi connectivity index (χ2v) is 1.45. The molecule has 1 aliphatic heterocycles. The summed E-state index contributed by atoms with van der Waals surface area (Å²) in [5.41, 5.74) is 0. The first-order valence-corrected chi connectivity index (χ1v) is 3.31. The van der Waals surface area contributed by atoms with Crippen LogP contribution < -0.4 is 0 Å². The molecule has 2 heteroatoms. The molecule has 0 radical (unpaired) electrons. The Morgan fingerprint density at radius 1 is 1.33 bits per heavy atom. The van der Waals surface area contributed by atoms with E-state index in [4.69, 9.17) is 9.47 Å². The third-order valence-electron chi connectivity index (χ3n) is 0.780. The minimum Gasteiger partial charge on any atom is -0.494 e. The van der Waals surface area contributed by atoms with Crippen LogP contribution in [0.5, 0.6) is 0 Å². The average molecular weight is 130 g/mol. The molecule has 0 aliphatic carbocycles. The molecule has 0 atom stereocenters. The molecule has 0 N–H and O–H groups in total. The Bertz CT molecular complexity index is 86.9. The van der Waals surface area contributed by atoms with Crippen molar-refractivity contribution in [3.8, 4) is 0 Å². The van der Waals surface area contributed by atoms with Crippen LogP contribution in [0.1, 0.15) is 20.8 Å². The molecule has 1 rings (SSSR count). The summed E-state index contributed by atoms with van der Waals surface area (Å²) in [6.45, 7) is 7.26. The Balaban J connectivity index is 0.000000291. The highest BCUT2D eigenvalue weighted by Crippen LogP contribution is 2.00. The Hall–Kier alpha value is -0.660. The molecule has 0 aromatic carbocycles. The fourth-order valence-corrected chi connectivity index (χ4v) is 0.461. The first kappa shape index (κ1) is 8.34. The van der Waals surface area contributed by atoms with Gasteiger partial charge in [-0.15, -0.1) is 0 Å². The standard InChI is InChI=1S/C5H8O2.C2H6/c1-5-4-6-2-3-7-5;1-2/h4H,2-3H2,1H3;1-2H3. The van der Waals surface area contributed by atoms with Gasteiger partial charge >= 0.3 is 0 Å². The van der Waals surface area contributed by atoms with Crippen molar-refractivity contribution in [3.63, 3.8) is 0 Å². The topological polar surface area (TPSA) is 18.5 Å². The second-order valence-electron chi connectivity index (χ2n) is 1.45. The minimum absolute atomic E-state index is 0.692. The Kier molecular flexibility index (Phi) is 5.07. The summed E-state index contributed by atoms with van der Waals surface area (Å²) in [6, 6.07) is 0. The van der Waals surface area contributed by atoms with Crippen LogP contribution in [0.4, 0.5) is 0 Å². The molecule has 0 saturated carbocycles. The largest absolute Gasteiger partial charge is 0.494 e. The molecule has 1 heterocycles. The monoisotopic (exact) mass is 130 g/mol. The zero-order valence-electron chi connectivity index (χ0n) is 6.31. The summed E-state index contributed by atoms with van der Waals surface area (Å²) < 4.78 is 9.91. The molecule has 0 aromatic heterocycles. The van der Waals surface area contributed by atoms with Crippen molar-refractivity contribution < 1.29 is 9.47 Å². The third-order valence-corrected chi connectivity index (χ3v) is 0.780. The van der Waals surface area contributed by atoms with Gasteiger partial charge in [-0.25, -0.2) is 0 Å². The number of allylic oxidation sites excluding steroid dienone is 1. The van der Waals surface area contributed by atoms with Crippen LogP contribution in [0.3, 0.4) is 0 Å². The Morgan fingerprint density at radius 2 is 2.00 bits per heavy atom. The highest BCUT2D eigenvalue weighted by atomic mass is 16.6. The van der Waals surface area contributed by atoms with Crippen molar-refractivity contribution in [3.05, 3.63) is 12.0 Å². The number of hydrogen-bond donors (Lipinski definition) is 0. The summed E-state index contributed by atoms with van der Waals surface area (Å²) in [7, 11) is 0. The SMILES string of the molecule is CC.CC1=COCCO1. The van der Waals surface area contributed by atoms with Crippen molar-refractivity contribution in [1.29, 1.82) is 0 Å². The highest BCUT2D eigenvalue weighted by Gasteiger charge is 1.95. The first-order chi connectivity index (χ1) is 4.39. The minimum atomic E-state index is 0.692. The summed E-state index contributed by atoms with van der Waals surface area (Å²) >= 11 is 0. The van der Waals surface area contributed by atoms with Crippen LogP contribution in [0.15, 0.2) is 12.0 Å². The maximum atomic E-state index is 5.01. The smallest absolute Gasteiger partial charge is 0.127 e. The number of hydrogen-bond acceptors (Lipinski definition) is 2. The van der Waals surface area contributed by atoms with E-state index in [0.717, 1.165) is 5.76 Å². The quantitative estimate of drug-likeness (QED) is 0.498. The normalized spacial score (nSPS) is 15.7. The molecule has 1 aliphatic rings. The van der Waals surface area contributed by atoms with Gasteiger partial charge < -0.3 is 9.47 Å². The molecule has 0 saturated heterocycles. The third kappa shape index (κ3) is 3.88. The van der Waals surface area contributed by atoms with Gasteiger partial charge in [-0.3, -0.25) is 0 Å². The van der Waals surface area contributed by atoms with E-state index in [9.17, 15) is 0 Å². The molecular formula is C7H14O2. The van der Waals surface area contributed by atoms with E-state index in [2.05, 4.69) is 0 Å². The first-order valence-electron chi connectivity index (χ1n) is 3.31. The molecule has 0 aromatic rings. The van der Waals surface area contributed by atoms with Crippen molar-refractivity contribution in [2.75, 3.05) is 13.2 Å². The molecule has 0 spiro atoms. The fraction of sp³-hybridized carbons (Fsp3) is 0.714. The summed E-state index contributed by atoms with van der Waals surface area (Å²) in [5, 5.41) is 0. The van der Waals surface area contributed by atoms with Crippen LogP contribution in [0.2, 0.25) is 0 Å². The van der Waals surface area contributed by atoms with Gasteiger partial charge in [0.15, 0.2) is 0 Å². The van der Waals surface area contributed by atoms with E-state index in [1.807, 2.05) is 20.8 Å². The van der Waals surface area contributed by atoms with Gasteiger partial charge in [-0.2, -0.15) is 0 Å². The molecule has 0 unspecified atom stereocenters. The van der Waals surface area contributed by atoms with Crippen molar-refractivity contribution in [2.45, 2.75) is 20.8 Å². The lowest BCUT2D eigenvalue weighted by Crippen LogP contribution is -2.05. The molecule has 54 valence electrons. The Morgan fingerprint density at radius 3 is 2.22 bits per heavy atom. The van der Waals surface area contributed by atoms with E-state index >= 15 is 0 Å². The van der Waals surface area contributed by atoms with Crippen LogP contribution >= 0.6 is 0 Å². The van der Waals surface area contributed by atoms with E-state index in [0.29, 0.717) is 13.2 Å². The predicted molar refractivity (Wildman–Crippen MR) is 37.0 cm³/mol. The Labute approximate surface area is 56.5 Å². The predicted octanol–water partition coefficient (Wildman–Crippen LogP) is 1.92. The lowest BCUT2D eigenvalue weighted by molar-refractivity contribution is 0.0857. The molecule has 0 bridgehead atoms. The van der Waals surface area contributed by atoms with Crippen LogP contribution in [-0.4, -0.2) is 13.2 Å². The summed E-state index contributed by atoms with van der Waals surface area (Å²) in [4.78, 5) is 0. The fourth-order valence-electron chi connectivity index (χ4n) is 0.461. The van der Waals surface area contributed by atoms with Gasteiger partial charge in [-0.1, -0.05) is 13.8 Å². The maximum Gasteiger partial charge on any atom is 0.127 e. The lowest BCUT2D eigenvalue weighted by atomic mass is 10.6. The zero-order valence-corrected chi connectivity index (χ0v) is 6.31. The van der Waals surface area contributed by atoms with Gasteiger partial charge in [0.05, 0.1) is 0 Å². The van der Waals surface area contributed by atoms with Gasteiger partial charge in [0.2, 0.25) is 0 Å². The van der Waals surface area contributed by atoms with Crippen molar-refractivity contribution >= 4 is 0 Å². The second kappa shape index (κ2) is 5.48. The molecule has 0 fully saturated rings. The average Bonchev–Trinajstić information content (AvgIpc) is 1.94. The zero-order chi connectivity index (χ0) is 7.11. The lowest BCUT2D eigenvalue weighted by Gasteiger charge is -2.10. The van der Waals surface area contributed by atoms with E-state index in [1.54, 1.807) is 6.26 Å². The van der Waals surface area contributed by atoms with Gasteiger partial charge in [0, 0.05) is 0 Å². The number of ether oxygens (including phenoxy) is 2. The van der Waals surface area contributed by atoms with Gasteiger partial charge in [0.1, 0.15) is 25.2 Å². The van der Waals surface area contributed by atoms with Gasteiger partial charge in [0.25, 0.3) is 0 Å². The van der Waals surface area contributed by atoms with Gasteiger partial charge in [-0.05, 0) is 6.92 Å². The number of rotatable bonds is 0. The molecular weight excluding hydrogens is 116 g/mol. The van der Waals surface area contributed by atoms with E-state index in [1.165, 1.54) is 0 Å². The summed E-state index contributed by atoms with van der Waals surface area (Å²) in [5.74, 6) is 0.867. The maximum absolute atomic E-state index is 5.01. The van der Waals surface area contributed by atoms with Crippen molar-refractivity contribution in [1.82, 2.24) is 0 Å². The van der Waals surface area contributed by atoms with Crippen LogP contribution in [-0.2, 0) is 9.47 Å². The van der Waals surface area contributed by atoms with E-state index in [-0.39, 0.29) is 0 Å². The highest BCUT2D eigenvalue weighted by molar-refractivity contribution is 4.83. The molecule has 2 nitrogen and oxygen atoms in total. The molecule has 0 amide bonds. The molecule has 9 heavy (non-hydrogen) atoms. The summed E-state index contributed by atoms with van der Waals surface area (Å²) in [6.07, 6.45) is 1.63.